The van der Waals surface area contributed by atoms with Crippen LogP contribution in [0.1, 0.15) is 29.8 Å². The Balaban J connectivity index is 1.68. The fraction of sp³-hybridized carbons (Fsp3) is 0.412. The van der Waals surface area contributed by atoms with Crippen LogP contribution < -0.4 is 5.32 Å². The predicted molar refractivity (Wildman–Crippen MR) is 93.3 cm³/mol. The van der Waals surface area contributed by atoms with Crippen molar-refractivity contribution in [1.82, 2.24) is 14.3 Å². The highest BCUT2D eigenvalue weighted by molar-refractivity contribution is 7.89. The van der Waals surface area contributed by atoms with E-state index in [4.69, 9.17) is 0 Å². The molecule has 2 aromatic heterocycles. The van der Waals surface area contributed by atoms with Crippen LogP contribution in [0.3, 0.4) is 0 Å². The number of hydrogen-bond acceptors (Lipinski definition) is 5. The Morgan fingerprint density at radius 2 is 1.79 bits per heavy atom. The molecule has 0 radical (unpaired) electrons. The molecule has 1 aliphatic heterocycles. The van der Waals surface area contributed by atoms with E-state index >= 15 is 0 Å². The van der Waals surface area contributed by atoms with Crippen molar-refractivity contribution in [2.45, 2.75) is 38.1 Å². The number of nitrogens with one attached hydrogen (secondary N) is 1. The average molecular weight is 346 g/mol. The van der Waals surface area contributed by atoms with E-state index in [2.05, 4.69) is 15.3 Å². The van der Waals surface area contributed by atoms with Crippen LogP contribution in [-0.2, 0) is 16.6 Å². The summed E-state index contributed by atoms with van der Waals surface area (Å²) in [5, 5.41) is 3.22. The lowest BCUT2D eigenvalue weighted by molar-refractivity contribution is 0.477. The van der Waals surface area contributed by atoms with Gasteiger partial charge < -0.3 is 5.32 Å². The molecule has 0 atom stereocenters. The summed E-state index contributed by atoms with van der Waals surface area (Å²) in [5.41, 5.74) is 3.08. The van der Waals surface area contributed by atoms with Gasteiger partial charge in [-0.15, -0.1) is 0 Å². The molecular formula is C17H22N4O2S. The molecule has 3 rings (SSSR count). The SMILES string of the molecule is Cc1cc(CNc2ccc(S(=O)(=O)N3CCCC3)cn2)cc(C)n1. The summed E-state index contributed by atoms with van der Waals surface area (Å²) in [6.07, 6.45) is 3.28. The Morgan fingerprint density at radius 3 is 2.38 bits per heavy atom. The molecule has 0 bridgehead atoms. The summed E-state index contributed by atoms with van der Waals surface area (Å²) in [6.45, 7) is 5.75. The molecule has 0 amide bonds. The van der Waals surface area contributed by atoms with Crippen molar-refractivity contribution in [3.05, 3.63) is 47.4 Å². The lowest BCUT2D eigenvalue weighted by atomic mass is 10.2. The minimum Gasteiger partial charge on any atom is -0.366 e. The van der Waals surface area contributed by atoms with Crippen molar-refractivity contribution in [2.24, 2.45) is 0 Å². The van der Waals surface area contributed by atoms with Gasteiger partial charge in [-0.1, -0.05) is 0 Å². The molecule has 0 aromatic carbocycles. The standard InChI is InChI=1S/C17H22N4O2S/c1-13-9-15(10-14(2)20-13)11-18-17-6-5-16(12-19-17)24(22,23)21-7-3-4-8-21/h5-6,9-10,12H,3-4,7-8,11H2,1-2H3,(H,18,19). The number of aromatic nitrogens is 2. The highest BCUT2D eigenvalue weighted by Crippen LogP contribution is 2.21. The summed E-state index contributed by atoms with van der Waals surface area (Å²) >= 11 is 0. The van der Waals surface area contributed by atoms with E-state index in [1.165, 1.54) is 10.5 Å². The van der Waals surface area contributed by atoms with Gasteiger partial charge in [-0.2, -0.15) is 4.31 Å². The first-order valence-electron chi connectivity index (χ1n) is 8.09. The maximum Gasteiger partial charge on any atom is 0.244 e. The van der Waals surface area contributed by atoms with Gasteiger partial charge in [0.2, 0.25) is 10.0 Å². The van der Waals surface area contributed by atoms with Crippen molar-refractivity contribution >= 4 is 15.8 Å². The van der Waals surface area contributed by atoms with Gasteiger partial charge in [0.15, 0.2) is 0 Å². The van der Waals surface area contributed by atoms with E-state index in [1.807, 2.05) is 26.0 Å². The number of pyridine rings is 2. The van der Waals surface area contributed by atoms with Gasteiger partial charge >= 0.3 is 0 Å². The first-order valence-corrected chi connectivity index (χ1v) is 9.53. The molecule has 0 aliphatic carbocycles. The normalized spacial score (nSPS) is 15.6. The summed E-state index contributed by atoms with van der Waals surface area (Å²) in [5.74, 6) is 0.655. The molecule has 7 heteroatoms. The third-order valence-electron chi connectivity index (χ3n) is 4.05. The number of anilines is 1. The van der Waals surface area contributed by atoms with Gasteiger partial charge in [-0.05, 0) is 56.5 Å². The van der Waals surface area contributed by atoms with Gasteiger partial charge in [0.05, 0.1) is 0 Å². The molecule has 1 saturated heterocycles. The number of sulfonamides is 1. The van der Waals surface area contributed by atoms with E-state index in [9.17, 15) is 8.42 Å². The van der Waals surface area contributed by atoms with E-state index < -0.39 is 10.0 Å². The lowest BCUT2D eigenvalue weighted by Crippen LogP contribution is -2.27. The molecule has 0 saturated carbocycles. The largest absolute Gasteiger partial charge is 0.366 e. The number of nitrogens with zero attached hydrogens (tertiary/aromatic N) is 3. The molecule has 6 nitrogen and oxygen atoms in total. The molecule has 24 heavy (non-hydrogen) atoms. The van der Waals surface area contributed by atoms with Crippen LogP contribution in [0.2, 0.25) is 0 Å². The lowest BCUT2D eigenvalue weighted by Gasteiger charge is -2.15. The van der Waals surface area contributed by atoms with Crippen LogP contribution in [0.25, 0.3) is 0 Å². The van der Waals surface area contributed by atoms with Crippen molar-refractivity contribution in [2.75, 3.05) is 18.4 Å². The fourth-order valence-electron chi connectivity index (χ4n) is 2.93. The van der Waals surface area contributed by atoms with E-state index in [0.717, 1.165) is 29.8 Å². The molecule has 3 heterocycles. The zero-order chi connectivity index (χ0) is 17.2. The van der Waals surface area contributed by atoms with Crippen LogP contribution in [0, 0.1) is 13.8 Å². The quantitative estimate of drug-likeness (QED) is 0.900. The van der Waals surface area contributed by atoms with Crippen LogP contribution in [-0.4, -0.2) is 35.8 Å². The van der Waals surface area contributed by atoms with Gasteiger partial charge in [0, 0.05) is 37.2 Å². The molecular weight excluding hydrogens is 324 g/mol. The van der Waals surface area contributed by atoms with Gasteiger partial charge in [0.25, 0.3) is 0 Å². The Labute approximate surface area is 143 Å². The minimum absolute atomic E-state index is 0.255. The fourth-order valence-corrected chi connectivity index (χ4v) is 4.39. The summed E-state index contributed by atoms with van der Waals surface area (Å²) < 4.78 is 26.4. The predicted octanol–water partition coefficient (Wildman–Crippen LogP) is 2.49. The van der Waals surface area contributed by atoms with Gasteiger partial charge in [-0.3, -0.25) is 4.98 Å². The van der Waals surface area contributed by atoms with Gasteiger partial charge in [0.1, 0.15) is 10.7 Å². The van der Waals surface area contributed by atoms with Crippen molar-refractivity contribution < 1.29 is 8.42 Å². The molecule has 0 unspecified atom stereocenters. The highest BCUT2D eigenvalue weighted by atomic mass is 32.2. The molecule has 0 spiro atoms. The monoisotopic (exact) mass is 346 g/mol. The first-order chi connectivity index (χ1) is 11.4. The van der Waals surface area contributed by atoms with Crippen LogP contribution >= 0.6 is 0 Å². The number of rotatable bonds is 5. The zero-order valence-corrected chi connectivity index (χ0v) is 14.8. The minimum atomic E-state index is -3.40. The third kappa shape index (κ3) is 3.73. The first kappa shape index (κ1) is 16.9. The average Bonchev–Trinajstić information content (AvgIpc) is 3.08. The summed E-state index contributed by atoms with van der Waals surface area (Å²) in [7, 11) is -3.40. The van der Waals surface area contributed by atoms with E-state index in [-0.39, 0.29) is 4.90 Å². The Kier molecular flexibility index (Phi) is 4.82. The highest BCUT2D eigenvalue weighted by Gasteiger charge is 2.27. The summed E-state index contributed by atoms with van der Waals surface area (Å²) in [6, 6.07) is 7.37. The maximum atomic E-state index is 12.5. The molecule has 2 aromatic rings. The topological polar surface area (TPSA) is 75.2 Å². The number of aryl methyl sites for hydroxylation is 2. The Morgan fingerprint density at radius 1 is 1.12 bits per heavy atom. The van der Waals surface area contributed by atoms with Crippen molar-refractivity contribution in [3.63, 3.8) is 0 Å². The molecule has 1 N–H and O–H groups in total. The van der Waals surface area contributed by atoms with Gasteiger partial charge in [-0.25, -0.2) is 13.4 Å². The Hall–Kier alpha value is -1.99. The number of hydrogen-bond donors (Lipinski definition) is 1. The molecule has 1 fully saturated rings. The third-order valence-corrected chi connectivity index (χ3v) is 5.94. The van der Waals surface area contributed by atoms with E-state index in [0.29, 0.717) is 25.5 Å². The van der Waals surface area contributed by atoms with E-state index in [1.54, 1.807) is 12.1 Å². The van der Waals surface area contributed by atoms with Crippen LogP contribution in [0.5, 0.6) is 0 Å². The molecule has 128 valence electrons. The van der Waals surface area contributed by atoms with Crippen LogP contribution in [0.4, 0.5) is 5.82 Å². The Bertz CT molecular complexity index is 793. The summed E-state index contributed by atoms with van der Waals surface area (Å²) in [4.78, 5) is 8.85. The second-order valence-electron chi connectivity index (χ2n) is 6.10. The van der Waals surface area contributed by atoms with Crippen molar-refractivity contribution in [3.8, 4) is 0 Å². The zero-order valence-electron chi connectivity index (χ0n) is 14.0. The van der Waals surface area contributed by atoms with Crippen LogP contribution in [0.15, 0.2) is 35.4 Å². The second kappa shape index (κ2) is 6.86. The molecule has 1 aliphatic rings. The smallest absolute Gasteiger partial charge is 0.244 e. The second-order valence-corrected chi connectivity index (χ2v) is 8.04. The van der Waals surface area contributed by atoms with Crippen molar-refractivity contribution in [1.29, 1.82) is 0 Å². The maximum absolute atomic E-state index is 12.5.